The molecule has 0 aliphatic carbocycles. The summed E-state index contributed by atoms with van der Waals surface area (Å²) in [7, 11) is 0. The van der Waals surface area contributed by atoms with Crippen LogP contribution in [0.4, 0.5) is 0 Å². The van der Waals surface area contributed by atoms with E-state index >= 15 is 0 Å². The van der Waals surface area contributed by atoms with Gasteiger partial charge in [0.1, 0.15) is 0 Å². The third-order valence-electron chi connectivity index (χ3n) is 3.94. The number of hydrogen-bond acceptors (Lipinski definition) is 4. The highest BCUT2D eigenvalue weighted by molar-refractivity contribution is 5.97. The Morgan fingerprint density at radius 3 is 2.55 bits per heavy atom. The molecule has 1 aliphatic rings. The van der Waals surface area contributed by atoms with Crippen molar-refractivity contribution in [1.29, 1.82) is 5.26 Å². The van der Waals surface area contributed by atoms with Crippen LogP contribution in [0.15, 0.2) is 30.3 Å². The first kappa shape index (κ1) is 16.2. The molecule has 0 bridgehead atoms. The van der Waals surface area contributed by atoms with E-state index in [1.807, 2.05) is 36.4 Å². The first-order valence-electron chi connectivity index (χ1n) is 7.66. The van der Waals surface area contributed by atoms with Gasteiger partial charge in [-0.15, -0.1) is 0 Å². The number of benzene rings is 1. The number of rotatable bonds is 6. The average molecular weight is 299 g/mol. The minimum atomic E-state index is -0.0527. The fraction of sp³-hybridized carbons (Fsp3) is 0.471. The Morgan fingerprint density at radius 1 is 1.23 bits per heavy atom. The summed E-state index contributed by atoms with van der Waals surface area (Å²) >= 11 is 0. The molecule has 5 nitrogen and oxygen atoms in total. The Balaban J connectivity index is 1.75. The number of carbonyl (C=O) groups excluding carboxylic acids is 2. The Morgan fingerprint density at radius 2 is 1.91 bits per heavy atom. The summed E-state index contributed by atoms with van der Waals surface area (Å²) in [6.45, 7) is 2.26. The van der Waals surface area contributed by atoms with Crippen molar-refractivity contribution in [2.75, 3.05) is 26.2 Å². The van der Waals surface area contributed by atoms with Gasteiger partial charge >= 0.3 is 0 Å². The Labute approximate surface area is 130 Å². The summed E-state index contributed by atoms with van der Waals surface area (Å²) in [5.41, 5.74) is 0.773. The van der Waals surface area contributed by atoms with E-state index in [0.717, 1.165) is 31.5 Å². The van der Waals surface area contributed by atoms with Crippen LogP contribution in [-0.4, -0.2) is 42.8 Å². The van der Waals surface area contributed by atoms with Crippen molar-refractivity contribution in [1.82, 2.24) is 10.2 Å². The summed E-state index contributed by atoms with van der Waals surface area (Å²) in [6, 6.07) is 11.4. The van der Waals surface area contributed by atoms with Gasteiger partial charge in [0, 0.05) is 18.0 Å². The molecule has 5 heteroatoms. The maximum Gasteiger partial charge on any atom is 0.234 e. The molecule has 0 saturated carbocycles. The largest absolute Gasteiger partial charge is 0.354 e. The van der Waals surface area contributed by atoms with Crippen LogP contribution in [0.2, 0.25) is 0 Å². The monoisotopic (exact) mass is 299 g/mol. The molecule has 2 rings (SSSR count). The van der Waals surface area contributed by atoms with Crippen LogP contribution in [-0.2, 0) is 4.79 Å². The number of hydrogen-bond donors (Lipinski definition) is 1. The molecule has 0 unspecified atom stereocenters. The lowest BCUT2D eigenvalue weighted by Crippen LogP contribution is -2.42. The van der Waals surface area contributed by atoms with Crippen molar-refractivity contribution < 1.29 is 9.59 Å². The van der Waals surface area contributed by atoms with Crippen LogP contribution in [0.3, 0.4) is 0 Å². The van der Waals surface area contributed by atoms with Gasteiger partial charge in [-0.05, 0) is 25.9 Å². The number of carbonyl (C=O) groups is 2. The van der Waals surface area contributed by atoms with E-state index < -0.39 is 0 Å². The predicted molar refractivity (Wildman–Crippen MR) is 83.2 cm³/mol. The van der Waals surface area contributed by atoms with E-state index in [2.05, 4.69) is 10.2 Å². The SMILES string of the molecule is N#CCCNC(=O)CN1CCC(C(=O)c2ccccc2)CC1. The third-order valence-corrected chi connectivity index (χ3v) is 3.94. The lowest BCUT2D eigenvalue weighted by atomic mass is 9.89. The van der Waals surface area contributed by atoms with Gasteiger partial charge in [0.05, 0.1) is 19.0 Å². The van der Waals surface area contributed by atoms with Gasteiger partial charge < -0.3 is 5.32 Å². The molecule has 0 spiro atoms. The molecule has 1 aromatic carbocycles. The van der Waals surface area contributed by atoms with Crippen molar-refractivity contribution in [2.45, 2.75) is 19.3 Å². The fourth-order valence-electron chi connectivity index (χ4n) is 2.71. The first-order chi connectivity index (χ1) is 10.7. The molecule has 1 saturated heterocycles. The Hall–Kier alpha value is -2.19. The molecule has 1 fully saturated rings. The maximum absolute atomic E-state index is 12.4. The van der Waals surface area contributed by atoms with Crippen molar-refractivity contribution >= 4 is 11.7 Å². The molecular weight excluding hydrogens is 278 g/mol. The van der Waals surface area contributed by atoms with E-state index in [1.54, 1.807) is 0 Å². The van der Waals surface area contributed by atoms with Gasteiger partial charge in [0.2, 0.25) is 5.91 Å². The average Bonchev–Trinajstić information content (AvgIpc) is 2.56. The van der Waals surface area contributed by atoms with E-state index in [4.69, 9.17) is 5.26 Å². The number of nitriles is 1. The van der Waals surface area contributed by atoms with Crippen LogP contribution in [0.1, 0.15) is 29.6 Å². The highest BCUT2D eigenvalue weighted by Crippen LogP contribution is 2.21. The quantitative estimate of drug-likeness (QED) is 0.640. The van der Waals surface area contributed by atoms with Gasteiger partial charge in [-0.2, -0.15) is 5.26 Å². The number of nitrogens with zero attached hydrogens (tertiary/aromatic N) is 2. The lowest BCUT2D eigenvalue weighted by Gasteiger charge is -2.30. The van der Waals surface area contributed by atoms with E-state index in [0.29, 0.717) is 19.5 Å². The van der Waals surface area contributed by atoms with Crippen LogP contribution < -0.4 is 5.32 Å². The summed E-state index contributed by atoms with van der Waals surface area (Å²) in [4.78, 5) is 26.1. The van der Waals surface area contributed by atoms with Crippen LogP contribution >= 0.6 is 0 Å². The number of likely N-dealkylation sites (tertiary alicyclic amines) is 1. The van der Waals surface area contributed by atoms with Crippen molar-refractivity contribution in [3.63, 3.8) is 0 Å². The van der Waals surface area contributed by atoms with E-state index in [9.17, 15) is 9.59 Å². The molecule has 0 radical (unpaired) electrons. The molecule has 22 heavy (non-hydrogen) atoms. The second kappa shape index (κ2) is 8.30. The highest BCUT2D eigenvalue weighted by Gasteiger charge is 2.26. The van der Waals surface area contributed by atoms with Crippen molar-refractivity contribution in [3.8, 4) is 6.07 Å². The standard InChI is InChI=1S/C17H21N3O2/c18-9-4-10-19-16(21)13-20-11-7-15(8-12-20)17(22)14-5-2-1-3-6-14/h1-3,5-6,15H,4,7-8,10-13H2,(H,19,21). The molecule has 1 aromatic rings. The minimum Gasteiger partial charge on any atom is -0.354 e. The highest BCUT2D eigenvalue weighted by atomic mass is 16.2. The maximum atomic E-state index is 12.4. The summed E-state index contributed by atoms with van der Waals surface area (Å²) in [5, 5.41) is 11.2. The molecule has 1 amide bonds. The van der Waals surface area contributed by atoms with Crippen LogP contribution in [0, 0.1) is 17.2 Å². The zero-order chi connectivity index (χ0) is 15.8. The topological polar surface area (TPSA) is 73.2 Å². The molecule has 1 aliphatic heterocycles. The van der Waals surface area contributed by atoms with Crippen molar-refractivity contribution in [2.24, 2.45) is 5.92 Å². The molecular formula is C17H21N3O2. The predicted octanol–water partition coefficient (Wildman–Crippen LogP) is 1.61. The third kappa shape index (κ3) is 4.68. The van der Waals surface area contributed by atoms with Gasteiger partial charge in [0.25, 0.3) is 0 Å². The minimum absolute atomic E-state index is 0.0527. The van der Waals surface area contributed by atoms with Crippen LogP contribution in [0.25, 0.3) is 0 Å². The second-order valence-corrected chi connectivity index (χ2v) is 5.54. The number of Topliss-reactive ketones (excluding diaryl/α,β-unsaturated/α-hetero) is 1. The van der Waals surface area contributed by atoms with Gasteiger partial charge in [0.15, 0.2) is 5.78 Å². The lowest BCUT2D eigenvalue weighted by molar-refractivity contribution is -0.122. The molecule has 0 atom stereocenters. The van der Waals surface area contributed by atoms with E-state index in [1.165, 1.54) is 0 Å². The van der Waals surface area contributed by atoms with E-state index in [-0.39, 0.29) is 17.6 Å². The number of piperidine rings is 1. The van der Waals surface area contributed by atoms with Crippen molar-refractivity contribution in [3.05, 3.63) is 35.9 Å². The Bertz CT molecular complexity index is 543. The second-order valence-electron chi connectivity index (χ2n) is 5.54. The molecule has 1 N–H and O–H groups in total. The first-order valence-corrected chi connectivity index (χ1v) is 7.66. The molecule has 116 valence electrons. The number of amides is 1. The summed E-state index contributed by atoms with van der Waals surface area (Å²) < 4.78 is 0. The molecule has 1 heterocycles. The Kier molecular flexibility index (Phi) is 6.11. The smallest absolute Gasteiger partial charge is 0.234 e. The summed E-state index contributed by atoms with van der Waals surface area (Å²) in [6.07, 6.45) is 1.91. The van der Waals surface area contributed by atoms with Crippen LogP contribution in [0.5, 0.6) is 0 Å². The van der Waals surface area contributed by atoms with Gasteiger partial charge in [-0.25, -0.2) is 0 Å². The number of ketones is 1. The zero-order valence-corrected chi connectivity index (χ0v) is 12.6. The van der Waals surface area contributed by atoms with Gasteiger partial charge in [-0.1, -0.05) is 30.3 Å². The zero-order valence-electron chi connectivity index (χ0n) is 12.6. The fourth-order valence-corrected chi connectivity index (χ4v) is 2.71. The normalized spacial score (nSPS) is 16.0. The van der Waals surface area contributed by atoms with Gasteiger partial charge in [-0.3, -0.25) is 14.5 Å². The summed E-state index contributed by atoms with van der Waals surface area (Å²) in [5.74, 6) is 0.210. The molecule has 0 aromatic heterocycles. The number of nitrogens with one attached hydrogen (secondary N) is 1.